The predicted molar refractivity (Wildman–Crippen MR) is 101 cm³/mol. The molecule has 0 aliphatic rings. The van der Waals surface area contributed by atoms with E-state index in [-0.39, 0.29) is 0 Å². The Morgan fingerprint density at radius 3 is 2.36 bits per heavy atom. The normalized spacial score (nSPS) is 12.5. The molecule has 25 heavy (non-hydrogen) atoms. The van der Waals surface area contributed by atoms with Crippen LogP contribution in [0.1, 0.15) is 37.6 Å². The van der Waals surface area contributed by atoms with Gasteiger partial charge in [-0.15, -0.1) is 0 Å². The second-order valence-electron chi connectivity index (χ2n) is 5.86. The minimum atomic E-state index is -0.806. The number of fused-ring (bicyclic) bond motifs is 1. The van der Waals surface area contributed by atoms with Gasteiger partial charge in [-0.05, 0) is 36.2 Å². The third-order valence-corrected chi connectivity index (χ3v) is 5.06. The van der Waals surface area contributed by atoms with Crippen LogP contribution in [0.3, 0.4) is 0 Å². The van der Waals surface area contributed by atoms with Gasteiger partial charge in [0.2, 0.25) is 0 Å². The van der Waals surface area contributed by atoms with E-state index < -0.39 is 11.9 Å². The molecule has 2 aromatic carbocycles. The molecule has 3 aromatic rings. The maximum atomic E-state index is 11.3. The van der Waals surface area contributed by atoms with E-state index in [1.54, 1.807) is 6.07 Å². The molecule has 0 fully saturated rings. The molecule has 1 N–H and O–H groups in total. The van der Waals surface area contributed by atoms with Gasteiger partial charge in [0.05, 0.1) is 27.0 Å². The number of halogens is 2. The minimum Gasteiger partial charge on any atom is -0.481 e. The lowest BCUT2D eigenvalue weighted by Crippen LogP contribution is -2.10. The molecule has 1 heterocycles. The lowest BCUT2D eigenvalue weighted by molar-refractivity contribution is -0.138. The molecule has 1 atom stereocenters. The Labute approximate surface area is 156 Å². The van der Waals surface area contributed by atoms with Crippen molar-refractivity contribution >= 4 is 40.2 Å². The maximum Gasteiger partial charge on any atom is 0.310 e. The fourth-order valence-corrected chi connectivity index (χ4v) is 3.37. The highest BCUT2D eigenvalue weighted by atomic mass is 35.5. The van der Waals surface area contributed by atoms with E-state index in [9.17, 15) is 9.90 Å². The number of hydrogen-bond donors (Lipinski definition) is 1. The van der Waals surface area contributed by atoms with Crippen LogP contribution in [0, 0.1) is 0 Å². The molecule has 0 aliphatic heterocycles. The monoisotopic (exact) mass is 376 g/mol. The highest BCUT2D eigenvalue weighted by Gasteiger charge is 2.18. The van der Waals surface area contributed by atoms with Crippen molar-refractivity contribution in [3.63, 3.8) is 0 Å². The van der Waals surface area contributed by atoms with Crippen LogP contribution in [-0.2, 0) is 11.2 Å². The summed E-state index contributed by atoms with van der Waals surface area (Å²) < 4.78 is 2.03. The van der Waals surface area contributed by atoms with Crippen LogP contribution < -0.4 is 0 Å². The molecule has 0 saturated carbocycles. The first-order valence-electron chi connectivity index (χ1n) is 8.15. The summed E-state index contributed by atoms with van der Waals surface area (Å²) in [5.41, 5.74) is 3.38. The van der Waals surface area contributed by atoms with Crippen LogP contribution in [0.5, 0.6) is 0 Å². The molecule has 0 amide bonds. The van der Waals surface area contributed by atoms with Crippen LogP contribution in [-0.4, -0.2) is 20.6 Å². The molecule has 4 nitrogen and oxygen atoms in total. The second-order valence-corrected chi connectivity index (χ2v) is 6.68. The fraction of sp³-hybridized carbons (Fsp3) is 0.263. The highest BCUT2D eigenvalue weighted by Crippen LogP contribution is 2.31. The predicted octanol–water partition coefficient (Wildman–Crippen LogP) is 5.47. The Hall–Kier alpha value is -2.04. The van der Waals surface area contributed by atoms with E-state index in [1.165, 1.54) is 0 Å². The van der Waals surface area contributed by atoms with Gasteiger partial charge in [-0.2, -0.15) is 0 Å². The number of carbonyl (C=O) groups is 1. The largest absolute Gasteiger partial charge is 0.481 e. The molecular weight excluding hydrogens is 359 g/mol. The van der Waals surface area contributed by atoms with Gasteiger partial charge in [-0.1, -0.05) is 49.2 Å². The molecule has 1 aromatic heterocycles. The first-order valence-corrected chi connectivity index (χ1v) is 8.91. The van der Waals surface area contributed by atoms with Crippen molar-refractivity contribution in [2.24, 2.45) is 0 Å². The number of hydrogen-bond acceptors (Lipinski definition) is 2. The number of nitrogens with zero attached hydrogens (tertiary/aromatic N) is 2. The number of benzene rings is 2. The summed E-state index contributed by atoms with van der Waals surface area (Å²) in [6.07, 6.45) is 1.30. The van der Waals surface area contributed by atoms with Crippen LogP contribution in [0.4, 0.5) is 0 Å². The number of carboxylic acid groups (broad SMARTS) is 1. The first-order chi connectivity index (χ1) is 12.0. The third-order valence-electron chi connectivity index (χ3n) is 4.34. The number of aliphatic carboxylic acids is 1. The van der Waals surface area contributed by atoms with E-state index in [1.807, 2.05) is 48.7 Å². The van der Waals surface area contributed by atoms with Crippen molar-refractivity contribution in [2.75, 3.05) is 0 Å². The number of rotatable bonds is 5. The number of imidazole rings is 1. The second kappa shape index (κ2) is 7.06. The summed E-state index contributed by atoms with van der Waals surface area (Å²) in [6.45, 7) is 3.91. The van der Waals surface area contributed by atoms with Crippen molar-refractivity contribution in [2.45, 2.75) is 32.6 Å². The smallest absolute Gasteiger partial charge is 0.310 e. The van der Waals surface area contributed by atoms with Crippen LogP contribution in [0.15, 0.2) is 36.4 Å². The molecule has 0 saturated heterocycles. The van der Waals surface area contributed by atoms with Crippen molar-refractivity contribution in [1.82, 2.24) is 9.55 Å². The Balaban J connectivity index is 2.12. The quantitative estimate of drug-likeness (QED) is 0.641. The van der Waals surface area contributed by atoms with E-state index in [4.69, 9.17) is 23.2 Å². The van der Waals surface area contributed by atoms with E-state index in [2.05, 4.69) is 4.98 Å². The average Bonchev–Trinajstić information content (AvgIpc) is 2.93. The zero-order chi connectivity index (χ0) is 18.1. The van der Waals surface area contributed by atoms with Gasteiger partial charge in [0.1, 0.15) is 5.82 Å². The van der Waals surface area contributed by atoms with Gasteiger partial charge >= 0.3 is 5.97 Å². The van der Waals surface area contributed by atoms with Crippen LogP contribution in [0.2, 0.25) is 10.0 Å². The zero-order valence-electron chi connectivity index (χ0n) is 14.0. The first kappa shape index (κ1) is 17.8. The van der Waals surface area contributed by atoms with E-state index >= 15 is 0 Å². The third kappa shape index (κ3) is 3.24. The van der Waals surface area contributed by atoms with Gasteiger partial charge in [-0.3, -0.25) is 9.36 Å². The Bertz CT molecular complexity index is 933. The molecule has 3 rings (SSSR count). The summed E-state index contributed by atoms with van der Waals surface area (Å²) in [5.74, 6) is -0.405. The molecule has 1 unspecified atom stereocenters. The molecule has 0 bridgehead atoms. The Morgan fingerprint density at radius 1 is 1.16 bits per heavy atom. The minimum absolute atomic E-state index is 0.476. The van der Waals surface area contributed by atoms with E-state index in [0.29, 0.717) is 16.5 Å². The summed E-state index contributed by atoms with van der Waals surface area (Å²) in [5, 5.41) is 10.3. The zero-order valence-corrected chi connectivity index (χ0v) is 15.5. The van der Waals surface area contributed by atoms with E-state index in [0.717, 1.165) is 34.5 Å². The topological polar surface area (TPSA) is 55.1 Å². The Kier molecular flexibility index (Phi) is 5.02. The molecule has 0 spiro atoms. The van der Waals surface area contributed by atoms with Crippen molar-refractivity contribution in [3.05, 3.63) is 57.8 Å². The number of aryl methyl sites for hydroxylation is 1. The summed E-state index contributed by atoms with van der Waals surface area (Å²) in [4.78, 5) is 16.0. The van der Waals surface area contributed by atoms with Crippen LogP contribution >= 0.6 is 23.2 Å². The lowest BCUT2D eigenvalue weighted by atomic mass is 9.96. The van der Waals surface area contributed by atoms with Crippen molar-refractivity contribution in [3.8, 4) is 5.69 Å². The summed E-state index contributed by atoms with van der Waals surface area (Å²) >= 11 is 12.3. The average molecular weight is 377 g/mol. The van der Waals surface area contributed by atoms with Gasteiger partial charge in [-0.25, -0.2) is 4.98 Å². The molecular formula is C19H18Cl2N2O2. The highest BCUT2D eigenvalue weighted by molar-refractivity contribution is 6.42. The van der Waals surface area contributed by atoms with Gasteiger partial charge in [0, 0.05) is 12.1 Å². The van der Waals surface area contributed by atoms with Crippen molar-refractivity contribution < 1.29 is 9.90 Å². The van der Waals surface area contributed by atoms with Gasteiger partial charge < -0.3 is 5.11 Å². The number of carboxylic acids is 1. The summed E-state index contributed by atoms with van der Waals surface area (Å²) in [6, 6.07) is 11.1. The molecule has 0 aliphatic carbocycles. The maximum absolute atomic E-state index is 11.3. The lowest BCUT2D eigenvalue weighted by Gasteiger charge is -2.13. The Morgan fingerprint density at radius 2 is 1.80 bits per heavy atom. The number of aromatic nitrogens is 2. The SMILES string of the molecule is CCc1nc2cc(Cl)c(Cl)cc2n1-c1ccc(C(CC)C(=O)O)cc1. The summed E-state index contributed by atoms with van der Waals surface area (Å²) in [7, 11) is 0. The van der Waals surface area contributed by atoms with Gasteiger partial charge in [0.15, 0.2) is 0 Å². The molecule has 0 radical (unpaired) electrons. The van der Waals surface area contributed by atoms with Crippen LogP contribution in [0.25, 0.3) is 16.7 Å². The standard InChI is InChI=1S/C19H18Cl2N2O2/c1-3-13(19(24)25)11-5-7-12(8-6-11)23-17-10-15(21)14(20)9-16(17)22-18(23)4-2/h5-10,13H,3-4H2,1-2H3,(H,24,25). The molecule has 130 valence electrons. The molecule has 6 heteroatoms. The van der Waals surface area contributed by atoms with Crippen molar-refractivity contribution in [1.29, 1.82) is 0 Å². The fourth-order valence-electron chi connectivity index (χ4n) is 3.06. The van der Waals surface area contributed by atoms with Gasteiger partial charge in [0.25, 0.3) is 0 Å².